The summed E-state index contributed by atoms with van der Waals surface area (Å²) in [4.78, 5) is 15.8. The third-order valence-corrected chi connectivity index (χ3v) is 4.92. The number of carbonyl (C=O) groups is 1. The van der Waals surface area contributed by atoms with Gasteiger partial charge in [0.25, 0.3) is 5.91 Å². The summed E-state index contributed by atoms with van der Waals surface area (Å²) in [6.45, 7) is 0.0563. The van der Waals surface area contributed by atoms with E-state index in [0.717, 1.165) is 11.8 Å². The molecule has 3 rings (SSSR count). The molecule has 0 saturated carbocycles. The van der Waals surface area contributed by atoms with Crippen LogP contribution in [0.4, 0.5) is 4.39 Å². The van der Waals surface area contributed by atoms with Crippen LogP contribution in [0.1, 0.15) is 11.1 Å². The SMILES string of the molecule is COc1cc(/C=C2\SC(N)=NC2=O)cc(Br)c1OCc1ccccc1F. The quantitative estimate of drug-likeness (QED) is 0.713. The number of aliphatic imine (C=N–C) groups is 1. The minimum Gasteiger partial charge on any atom is -0.493 e. The monoisotopic (exact) mass is 436 g/mol. The molecule has 1 heterocycles. The van der Waals surface area contributed by atoms with Crippen molar-refractivity contribution in [3.8, 4) is 11.5 Å². The number of benzene rings is 2. The lowest BCUT2D eigenvalue weighted by Crippen LogP contribution is -2.01. The largest absolute Gasteiger partial charge is 0.493 e. The first-order valence-electron chi connectivity index (χ1n) is 7.49. The molecule has 134 valence electrons. The minimum absolute atomic E-state index is 0.0563. The Kier molecular flexibility index (Phi) is 5.63. The van der Waals surface area contributed by atoms with Gasteiger partial charge in [-0.25, -0.2) is 4.39 Å². The zero-order valence-corrected chi connectivity index (χ0v) is 16.1. The highest BCUT2D eigenvalue weighted by Gasteiger charge is 2.20. The van der Waals surface area contributed by atoms with E-state index in [9.17, 15) is 9.18 Å². The molecule has 2 aromatic rings. The number of carbonyl (C=O) groups excluding carboxylic acids is 1. The van der Waals surface area contributed by atoms with Crippen molar-refractivity contribution in [2.45, 2.75) is 6.61 Å². The van der Waals surface area contributed by atoms with Gasteiger partial charge in [-0.3, -0.25) is 4.79 Å². The molecule has 0 spiro atoms. The molecular weight excluding hydrogens is 423 g/mol. The molecule has 0 fully saturated rings. The molecule has 0 atom stereocenters. The van der Waals surface area contributed by atoms with Crippen LogP contribution in [0.15, 0.2) is 50.8 Å². The maximum absolute atomic E-state index is 13.7. The molecule has 0 radical (unpaired) electrons. The Hall–Kier alpha value is -2.32. The normalized spacial score (nSPS) is 15.3. The van der Waals surface area contributed by atoms with Gasteiger partial charge in [0.05, 0.1) is 16.5 Å². The first kappa shape index (κ1) is 18.5. The molecule has 0 saturated heterocycles. The van der Waals surface area contributed by atoms with Gasteiger partial charge in [0.2, 0.25) is 0 Å². The number of ether oxygens (including phenoxy) is 2. The van der Waals surface area contributed by atoms with Gasteiger partial charge < -0.3 is 15.2 Å². The summed E-state index contributed by atoms with van der Waals surface area (Å²) >= 11 is 4.55. The molecule has 0 aliphatic carbocycles. The Morgan fingerprint density at radius 1 is 1.35 bits per heavy atom. The Morgan fingerprint density at radius 3 is 2.77 bits per heavy atom. The minimum atomic E-state index is -0.373. The second-order valence-corrected chi connectivity index (χ2v) is 7.20. The molecule has 1 aliphatic heterocycles. The van der Waals surface area contributed by atoms with E-state index in [-0.39, 0.29) is 23.5 Å². The van der Waals surface area contributed by atoms with Gasteiger partial charge in [-0.05, 0) is 57.5 Å². The first-order chi connectivity index (χ1) is 12.5. The fraction of sp³-hybridized carbons (Fsp3) is 0.111. The Bertz CT molecular complexity index is 931. The highest BCUT2D eigenvalue weighted by molar-refractivity contribution is 9.10. The molecule has 2 aromatic carbocycles. The lowest BCUT2D eigenvalue weighted by Gasteiger charge is -2.14. The molecule has 0 bridgehead atoms. The summed E-state index contributed by atoms with van der Waals surface area (Å²) in [6.07, 6.45) is 1.67. The number of nitrogens with two attached hydrogens (primary N) is 1. The van der Waals surface area contributed by atoms with Crippen LogP contribution in [0.3, 0.4) is 0 Å². The van der Waals surface area contributed by atoms with Crippen LogP contribution in [-0.4, -0.2) is 18.2 Å². The summed E-state index contributed by atoms with van der Waals surface area (Å²) in [6, 6.07) is 9.89. The molecule has 1 amide bonds. The topological polar surface area (TPSA) is 73.9 Å². The van der Waals surface area contributed by atoms with E-state index in [2.05, 4.69) is 20.9 Å². The zero-order chi connectivity index (χ0) is 18.7. The number of rotatable bonds is 5. The van der Waals surface area contributed by atoms with E-state index in [4.69, 9.17) is 15.2 Å². The van der Waals surface area contributed by atoms with Crippen molar-refractivity contribution in [1.82, 2.24) is 0 Å². The number of thioether (sulfide) groups is 1. The average molecular weight is 437 g/mol. The van der Waals surface area contributed by atoms with Gasteiger partial charge in [0.1, 0.15) is 12.4 Å². The summed E-state index contributed by atoms with van der Waals surface area (Å²) in [5.74, 6) is 0.187. The predicted octanol–water partition coefficient (Wildman–Crippen LogP) is 4.10. The fourth-order valence-corrected chi connectivity index (χ4v) is 3.56. The molecule has 26 heavy (non-hydrogen) atoms. The van der Waals surface area contributed by atoms with Crippen LogP contribution in [0.2, 0.25) is 0 Å². The Morgan fingerprint density at radius 2 is 2.12 bits per heavy atom. The molecule has 0 unspecified atom stereocenters. The van der Waals surface area contributed by atoms with E-state index < -0.39 is 0 Å². The first-order valence-corrected chi connectivity index (χ1v) is 9.10. The Balaban J connectivity index is 1.85. The van der Waals surface area contributed by atoms with E-state index >= 15 is 0 Å². The lowest BCUT2D eigenvalue weighted by atomic mass is 10.1. The summed E-state index contributed by atoms with van der Waals surface area (Å²) < 4.78 is 25.5. The molecule has 5 nitrogen and oxygen atoms in total. The maximum Gasteiger partial charge on any atom is 0.286 e. The van der Waals surface area contributed by atoms with Gasteiger partial charge in [-0.2, -0.15) is 4.99 Å². The average Bonchev–Trinajstić information content (AvgIpc) is 2.92. The molecule has 2 N–H and O–H groups in total. The number of methoxy groups -OCH3 is 1. The molecular formula is C18H14BrFN2O3S. The fourth-order valence-electron chi connectivity index (χ4n) is 2.31. The second-order valence-electron chi connectivity index (χ2n) is 5.28. The molecule has 8 heteroatoms. The third-order valence-electron chi connectivity index (χ3n) is 3.52. The number of amides is 1. The van der Waals surface area contributed by atoms with Gasteiger partial charge in [0, 0.05) is 5.56 Å². The molecule has 0 aromatic heterocycles. The van der Waals surface area contributed by atoms with E-state index in [0.29, 0.717) is 32.0 Å². The maximum atomic E-state index is 13.7. The van der Waals surface area contributed by atoms with Gasteiger partial charge >= 0.3 is 0 Å². The number of nitrogens with zero attached hydrogens (tertiary/aromatic N) is 1. The van der Waals surface area contributed by atoms with Crippen LogP contribution in [-0.2, 0) is 11.4 Å². The zero-order valence-electron chi connectivity index (χ0n) is 13.7. The Labute approximate surface area is 162 Å². The van der Waals surface area contributed by atoms with Gasteiger partial charge in [0.15, 0.2) is 16.7 Å². The van der Waals surface area contributed by atoms with Crippen molar-refractivity contribution in [3.63, 3.8) is 0 Å². The van der Waals surface area contributed by atoms with Crippen molar-refractivity contribution in [2.75, 3.05) is 7.11 Å². The van der Waals surface area contributed by atoms with Crippen LogP contribution in [0, 0.1) is 5.82 Å². The second kappa shape index (κ2) is 7.92. The molecule has 1 aliphatic rings. The number of hydrogen-bond donors (Lipinski definition) is 1. The van der Waals surface area contributed by atoms with E-state index in [1.165, 1.54) is 13.2 Å². The van der Waals surface area contributed by atoms with Crippen molar-refractivity contribution >= 4 is 44.8 Å². The summed E-state index contributed by atoms with van der Waals surface area (Å²) in [7, 11) is 1.51. The van der Waals surface area contributed by atoms with E-state index in [1.54, 1.807) is 36.4 Å². The van der Waals surface area contributed by atoms with Crippen molar-refractivity contribution < 1.29 is 18.7 Å². The smallest absolute Gasteiger partial charge is 0.286 e. The number of halogens is 2. The lowest BCUT2D eigenvalue weighted by molar-refractivity contribution is -0.113. The van der Waals surface area contributed by atoms with Crippen LogP contribution in [0.5, 0.6) is 11.5 Å². The van der Waals surface area contributed by atoms with Crippen molar-refractivity contribution in [1.29, 1.82) is 0 Å². The van der Waals surface area contributed by atoms with Crippen molar-refractivity contribution in [2.24, 2.45) is 10.7 Å². The highest BCUT2D eigenvalue weighted by atomic mass is 79.9. The van der Waals surface area contributed by atoms with Crippen LogP contribution >= 0.6 is 27.7 Å². The summed E-state index contributed by atoms with van der Waals surface area (Å²) in [5.41, 5.74) is 6.71. The number of amidine groups is 1. The third kappa shape index (κ3) is 4.08. The van der Waals surface area contributed by atoms with E-state index in [1.807, 2.05) is 0 Å². The van der Waals surface area contributed by atoms with Crippen molar-refractivity contribution in [3.05, 3.63) is 62.7 Å². The standard InChI is InChI=1S/C18H14BrFN2O3S/c1-24-14-7-10(8-15-17(23)22-18(21)26-15)6-12(19)16(14)25-9-11-4-2-3-5-13(11)20/h2-8H,9H2,1H3,(H2,21,22,23)/b15-8-. The van der Waals surface area contributed by atoms with Crippen LogP contribution in [0.25, 0.3) is 6.08 Å². The number of hydrogen-bond acceptors (Lipinski definition) is 5. The van der Waals surface area contributed by atoms with Gasteiger partial charge in [-0.15, -0.1) is 0 Å². The van der Waals surface area contributed by atoms with Gasteiger partial charge in [-0.1, -0.05) is 18.2 Å². The predicted molar refractivity (Wildman–Crippen MR) is 104 cm³/mol. The highest BCUT2D eigenvalue weighted by Crippen LogP contribution is 2.38. The summed E-state index contributed by atoms with van der Waals surface area (Å²) in [5, 5.41) is 0.220. The van der Waals surface area contributed by atoms with Crippen LogP contribution < -0.4 is 15.2 Å².